The number of rotatable bonds is 3. The number of likely N-dealkylation sites (tertiary alicyclic amines) is 1. The summed E-state index contributed by atoms with van der Waals surface area (Å²) in [6.07, 6.45) is 2.33. The van der Waals surface area contributed by atoms with Crippen LogP contribution < -0.4 is 4.74 Å². The minimum atomic E-state index is -0.137. The summed E-state index contributed by atoms with van der Waals surface area (Å²) >= 11 is 0. The highest BCUT2D eigenvalue weighted by atomic mass is 16.5. The van der Waals surface area contributed by atoms with Gasteiger partial charge < -0.3 is 4.74 Å². The van der Waals surface area contributed by atoms with Crippen LogP contribution >= 0.6 is 0 Å². The second-order valence-corrected chi connectivity index (χ2v) is 4.73. The zero-order chi connectivity index (χ0) is 14.5. The van der Waals surface area contributed by atoms with Crippen LogP contribution in [0.15, 0.2) is 18.2 Å². The van der Waals surface area contributed by atoms with Gasteiger partial charge >= 0.3 is 0 Å². The molecule has 0 atom stereocenters. The number of carbonyl (C=O) groups excluding carboxylic acids is 2. The topological polar surface area (TPSA) is 70.4 Å². The maximum atomic E-state index is 11.9. The van der Waals surface area contributed by atoms with Crippen molar-refractivity contribution in [2.75, 3.05) is 7.11 Å². The summed E-state index contributed by atoms with van der Waals surface area (Å²) in [5.74, 6) is 0.216. The minimum Gasteiger partial charge on any atom is -0.495 e. The Morgan fingerprint density at radius 2 is 1.90 bits per heavy atom. The number of carbonyl (C=O) groups is 2. The zero-order valence-corrected chi connectivity index (χ0v) is 11.4. The van der Waals surface area contributed by atoms with E-state index in [-0.39, 0.29) is 18.4 Å². The van der Waals surface area contributed by atoms with Crippen LogP contribution in [-0.4, -0.2) is 23.8 Å². The van der Waals surface area contributed by atoms with Gasteiger partial charge in [-0.05, 0) is 30.5 Å². The average Bonchev–Trinajstić information content (AvgIpc) is 2.62. The van der Waals surface area contributed by atoms with Gasteiger partial charge in [-0.25, -0.2) is 0 Å². The van der Waals surface area contributed by atoms with E-state index in [9.17, 15) is 9.59 Å². The summed E-state index contributed by atoms with van der Waals surface area (Å²) in [4.78, 5) is 25.1. The number of benzene rings is 1. The Morgan fingerprint density at radius 1 is 1.25 bits per heavy atom. The van der Waals surface area contributed by atoms with Crippen molar-refractivity contribution < 1.29 is 14.3 Å². The van der Waals surface area contributed by atoms with Crippen LogP contribution in [0.5, 0.6) is 5.75 Å². The molecule has 1 aliphatic heterocycles. The zero-order valence-electron chi connectivity index (χ0n) is 11.4. The molecule has 20 heavy (non-hydrogen) atoms. The molecule has 1 heterocycles. The average molecular weight is 272 g/mol. The van der Waals surface area contributed by atoms with Gasteiger partial charge in [0.15, 0.2) is 0 Å². The van der Waals surface area contributed by atoms with Crippen molar-refractivity contribution >= 4 is 11.8 Å². The molecule has 5 heteroatoms. The summed E-state index contributed by atoms with van der Waals surface area (Å²) in [5, 5.41) is 9.05. The molecule has 0 bridgehead atoms. The molecule has 1 aromatic carbocycles. The molecule has 2 rings (SSSR count). The first-order chi connectivity index (χ1) is 9.65. The lowest BCUT2D eigenvalue weighted by atomic mass is 10.1. The molecule has 0 N–H and O–H groups in total. The molecule has 1 fully saturated rings. The van der Waals surface area contributed by atoms with E-state index in [0.717, 1.165) is 18.4 Å². The molecule has 5 nitrogen and oxygen atoms in total. The second-order valence-electron chi connectivity index (χ2n) is 4.73. The molecule has 2 amide bonds. The number of hydrogen-bond donors (Lipinski definition) is 0. The van der Waals surface area contributed by atoms with Gasteiger partial charge in [0, 0.05) is 12.8 Å². The standard InChI is InChI=1S/C15H16N2O3/c1-20-13-7-6-11(8-12(13)9-16)10-17-14(18)4-2-3-5-15(17)19/h6-8H,2-5,10H2,1H3. The maximum Gasteiger partial charge on any atom is 0.229 e. The Morgan fingerprint density at radius 3 is 2.45 bits per heavy atom. The van der Waals surface area contributed by atoms with Gasteiger partial charge in [0.2, 0.25) is 11.8 Å². The lowest BCUT2D eigenvalue weighted by molar-refractivity contribution is -0.144. The van der Waals surface area contributed by atoms with E-state index < -0.39 is 0 Å². The molecule has 104 valence electrons. The van der Waals surface area contributed by atoms with E-state index in [4.69, 9.17) is 10.00 Å². The van der Waals surface area contributed by atoms with Crippen molar-refractivity contribution in [3.63, 3.8) is 0 Å². The highest BCUT2D eigenvalue weighted by Gasteiger charge is 2.24. The molecule has 1 saturated heterocycles. The molecular weight excluding hydrogens is 256 g/mol. The summed E-state index contributed by atoms with van der Waals surface area (Å²) < 4.78 is 5.07. The normalized spacial score (nSPS) is 15.7. The largest absolute Gasteiger partial charge is 0.495 e. The van der Waals surface area contributed by atoms with Gasteiger partial charge in [-0.15, -0.1) is 0 Å². The Kier molecular flexibility index (Phi) is 4.36. The third kappa shape index (κ3) is 2.97. The number of methoxy groups -OCH3 is 1. The van der Waals surface area contributed by atoms with E-state index in [2.05, 4.69) is 0 Å². The van der Waals surface area contributed by atoms with Crippen molar-refractivity contribution in [3.8, 4) is 11.8 Å². The predicted octanol–water partition coefficient (Wildman–Crippen LogP) is 2.00. The van der Waals surface area contributed by atoms with Crippen LogP contribution in [0.1, 0.15) is 36.8 Å². The fraction of sp³-hybridized carbons (Fsp3) is 0.400. The first kappa shape index (κ1) is 14.1. The first-order valence-electron chi connectivity index (χ1n) is 6.56. The maximum absolute atomic E-state index is 11.9. The molecular formula is C15H16N2O3. The van der Waals surface area contributed by atoms with E-state index in [1.54, 1.807) is 18.2 Å². The smallest absolute Gasteiger partial charge is 0.229 e. The van der Waals surface area contributed by atoms with Crippen LogP contribution in [0.25, 0.3) is 0 Å². The Bertz CT molecular complexity index is 557. The number of imide groups is 1. The molecule has 0 radical (unpaired) electrons. The molecule has 0 spiro atoms. The van der Waals surface area contributed by atoms with Crippen molar-refractivity contribution in [2.24, 2.45) is 0 Å². The van der Waals surface area contributed by atoms with E-state index in [1.807, 2.05) is 6.07 Å². The van der Waals surface area contributed by atoms with Crippen molar-refractivity contribution in [3.05, 3.63) is 29.3 Å². The summed E-state index contributed by atoms with van der Waals surface area (Å²) in [7, 11) is 1.50. The van der Waals surface area contributed by atoms with Gasteiger partial charge in [0.25, 0.3) is 0 Å². The van der Waals surface area contributed by atoms with Crippen LogP contribution in [0.2, 0.25) is 0 Å². The highest BCUT2D eigenvalue weighted by Crippen LogP contribution is 2.21. The number of nitrogens with zero attached hydrogens (tertiary/aromatic N) is 2. The fourth-order valence-electron chi connectivity index (χ4n) is 2.26. The van der Waals surface area contributed by atoms with Crippen LogP contribution in [0.4, 0.5) is 0 Å². The van der Waals surface area contributed by atoms with Crippen LogP contribution in [0.3, 0.4) is 0 Å². The molecule has 0 aliphatic carbocycles. The van der Waals surface area contributed by atoms with Crippen molar-refractivity contribution in [1.29, 1.82) is 5.26 Å². The Labute approximate surface area is 117 Å². The number of nitriles is 1. The number of hydrogen-bond acceptors (Lipinski definition) is 4. The molecule has 0 aromatic heterocycles. The number of amides is 2. The van der Waals surface area contributed by atoms with Crippen LogP contribution in [0, 0.1) is 11.3 Å². The second kappa shape index (κ2) is 6.20. The molecule has 1 aliphatic rings. The summed E-state index contributed by atoms with van der Waals surface area (Å²) in [6.45, 7) is 0.219. The molecule has 0 saturated carbocycles. The van der Waals surface area contributed by atoms with Crippen LogP contribution in [-0.2, 0) is 16.1 Å². The van der Waals surface area contributed by atoms with Gasteiger partial charge in [-0.2, -0.15) is 5.26 Å². The predicted molar refractivity (Wildman–Crippen MR) is 71.7 cm³/mol. The highest BCUT2D eigenvalue weighted by molar-refractivity contribution is 5.95. The van der Waals surface area contributed by atoms with Crippen molar-refractivity contribution in [1.82, 2.24) is 4.90 Å². The third-order valence-corrected chi connectivity index (χ3v) is 3.36. The molecule has 0 unspecified atom stereocenters. The summed E-state index contributed by atoms with van der Waals surface area (Å²) in [5.41, 5.74) is 1.16. The third-order valence-electron chi connectivity index (χ3n) is 3.36. The van der Waals surface area contributed by atoms with Gasteiger partial charge in [0.1, 0.15) is 11.8 Å². The molecule has 1 aromatic rings. The monoisotopic (exact) mass is 272 g/mol. The Balaban J connectivity index is 2.22. The fourth-order valence-corrected chi connectivity index (χ4v) is 2.26. The van der Waals surface area contributed by atoms with Gasteiger partial charge in [-0.1, -0.05) is 6.07 Å². The summed E-state index contributed by atoms with van der Waals surface area (Å²) in [6, 6.07) is 7.15. The quantitative estimate of drug-likeness (QED) is 0.789. The lowest BCUT2D eigenvalue weighted by Crippen LogP contribution is -2.34. The minimum absolute atomic E-state index is 0.137. The lowest BCUT2D eigenvalue weighted by Gasteiger charge is -2.19. The van der Waals surface area contributed by atoms with E-state index >= 15 is 0 Å². The first-order valence-corrected chi connectivity index (χ1v) is 6.56. The Hall–Kier alpha value is -2.35. The van der Waals surface area contributed by atoms with E-state index in [0.29, 0.717) is 24.2 Å². The van der Waals surface area contributed by atoms with Gasteiger partial charge in [-0.3, -0.25) is 14.5 Å². The number of ether oxygens (including phenoxy) is 1. The van der Waals surface area contributed by atoms with Gasteiger partial charge in [0.05, 0.1) is 19.2 Å². The SMILES string of the molecule is COc1ccc(CN2C(=O)CCCCC2=O)cc1C#N. The van der Waals surface area contributed by atoms with E-state index in [1.165, 1.54) is 12.0 Å². The van der Waals surface area contributed by atoms with Crippen molar-refractivity contribution in [2.45, 2.75) is 32.2 Å².